The summed E-state index contributed by atoms with van der Waals surface area (Å²) in [5, 5.41) is 4.44. The SMILES string of the molecule is CCn1cc(C=O)c(-c2cc(C)cc(C)c2)n1. The molecule has 3 nitrogen and oxygen atoms in total. The van der Waals surface area contributed by atoms with E-state index in [-0.39, 0.29) is 0 Å². The van der Waals surface area contributed by atoms with Crippen molar-refractivity contribution in [3.63, 3.8) is 0 Å². The lowest BCUT2D eigenvalue weighted by Crippen LogP contribution is -1.94. The van der Waals surface area contributed by atoms with Crippen molar-refractivity contribution in [3.8, 4) is 11.3 Å². The third kappa shape index (κ3) is 2.28. The van der Waals surface area contributed by atoms with E-state index in [0.717, 1.165) is 24.1 Å². The molecule has 0 aliphatic carbocycles. The number of benzene rings is 1. The van der Waals surface area contributed by atoms with Crippen molar-refractivity contribution in [2.45, 2.75) is 27.3 Å². The number of aldehydes is 1. The predicted molar refractivity (Wildman–Crippen MR) is 68.2 cm³/mol. The number of carbonyl (C=O) groups excluding carboxylic acids is 1. The van der Waals surface area contributed by atoms with Crippen LogP contribution in [0.15, 0.2) is 24.4 Å². The largest absolute Gasteiger partial charge is 0.298 e. The first-order valence-electron chi connectivity index (χ1n) is 5.75. The first-order chi connectivity index (χ1) is 8.13. The van der Waals surface area contributed by atoms with Gasteiger partial charge in [-0.1, -0.05) is 17.2 Å². The monoisotopic (exact) mass is 228 g/mol. The summed E-state index contributed by atoms with van der Waals surface area (Å²) in [5.41, 5.74) is 4.80. The van der Waals surface area contributed by atoms with Gasteiger partial charge in [-0.3, -0.25) is 9.48 Å². The van der Waals surface area contributed by atoms with Gasteiger partial charge in [0.15, 0.2) is 6.29 Å². The maximum atomic E-state index is 11.0. The smallest absolute Gasteiger partial charge is 0.153 e. The van der Waals surface area contributed by atoms with Crippen LogP contribution in [0.2, 0.25) is 0 Å². The van der Waals surface area contributed by atoms with E-state index in [1.54, 1.807) is 10.9 Å². The molecule has 3 heteroatoms. The van der Waals surface area contributed by atoms with Crippen LogP contribution in [0.1, 0.15) is 28.4 Å². The topological polar surface area (TPSA) is 34.9 Å². The molecule has 2 rings (SSSR count). The summed E-state index contributed by atoms with van der Waals surface area (Å²) < 4.78 is 1.79. The fraction of sp³-hybridized carbons (Fsp3) is 0.286. The van der Waals surface area contributed by atoms with Crippen LogP contribution in [0.3, 0.4) is 0 Å². The van der Waals surface area contributed by atoms with Crippen molar-refractivity contribution in [1.29, 1.82) is 0 Å². The molecule has 88 valence electrons. The van der Waals surface area contributed by atoms with Crippen molar-refractivity contribution in [2.75, 3.05) is 0 Å². The van der Waals surface area contributed by atoms with Gasteiger partial charge in [-0.05, 0) is 32.9 Å². The summed E-state index contributed by atoms with van der Waals surface area (Å²) in [6.07, 6.45) is 2.66. The van der Waals surface area contributed by atoms with E-state index >= 15 is 0 Å². The molecule has 1 aromatic carbocycles. The molecular weight excluding hydrogens is 212 g/mol. The van der Waals surface area contributed by atoms with Crippen LogP contribution in [0.5, 0.6) is 0 Å². The Morgan fingerprint density at radius 2 is 1.88 bits per heavy atom. The number of hydrogen-bond acceptors (Lipinski definition) is 2. The van der Waals surface area contributed by atoms with Crippen LogP contribution in [0, 0.1) is 13.8 Å². The van der Waals surface area contributed by atoms with Crippen LogP contribution in [0.4, 0.5) is 0 Å². The number of rotatable bonds is 3. The highest BCUT2D eigenvalue weighted by molar-refractivity contribution is 5.85. The molecular formula is C14H16N2O. The maximum absolute atomic E-state index is 11.0. The third-order valence-corrected chi connectivity index (χ3v) is 2.74. The number of aromatic nitrogens is 2. The lowest BCUT2D eigenvalue weighted by molar-refractivity contribution is 0.112. The number of nitrogens with zero attached hydrogens (tertiary/aromatic N) is 2. The molecule has 0 atom stereocenters. The molecule has 0 N–H and O–H groups in total. The molecule has 0 radical (unpaired) electrons. The van der Waals surface area contributed by atoms with E-state index < -0.39 is 0 Å². The van der Waals surface area contributed by atoms with Crippen molar-refractivity contribution in [1.82, 2.24) is 9.78 Å². The van der Waals surface area contributed by atoms with Gasteiger partial charge < -0.3 is 0 Å². The molecule has 0 bridgehead atoms. The van der Waals surface area contributed by atoms with E-state index in [4.69, 9.17) is 0 Å². The Kier molecular flexibility index (Phi) is 3.09. The molecule has 0 aliphatic heterocycles. The van der Waals surface area contributed by atoms with Gasteiger partial charge in [-0.25, -0.2) is 0 Å². The first-order valence-corrected chi connectivity index (χ1v) is 5.75. The zero-order chi connectivity index (χ0) is 12.4. The minimum absolute atomic E-state index is 0.650. The van der Waals surface area contributed by atoms with Crippen LogP contribution in [-0.2, 0) is 6.54 Å². The molecule has 17 heavy (non-hydrogen) atoms. The molecule has 0 saturated carbocycles. The van der Waals surface area contributed by atoms with Crippen molar-refractivity contribution in [2.24, 2.45) is 0 Å². The number of carbonyl (C=O) groups is 1. The van der Waals surface area contributed by atoms with E-state index in [1.165, 1.54) is 11.1 Å². The molecule has 1 heterocycles. The third-order valence-electron chi connectivity index (χ3n) is 2.74. The summed E-state index contributed by atoms with van der Waals surface area (Å²) >= 11 is 0. The Morgan fingerprint density at radius 1 is 1.24 bits per heavy atom. The van der Waals surface area contributed by atoms with Gasteiger partial charge in [0.25, 0.3) is 0 Å². The van der Waals surface area contributed by atoms with Crippen molar-refractivity contribution in [3.05, 3.63) is 41.1 Å². The molecule has 0 unspecified atom stereocenters. The first kappa shape index (κ1) is 11.6. The molecule has 0 spiro atoms. The molecule has 0 aliphatic rings. The normalized spacial score (nSPS) is 10.5. The van der Waals surface area contributed by atoms with Gasteiger partial charge in [0.2, 0.25) is 0 Å². The van der Waals surface area contributed by atoms with E-state index in [0.29, 0.717) is 5.56 Å². The second kappa shape index (κ2) is 4.53. The van der Waals surface area contributed by atoms with Gasteiger partial charge in [0.05, 0.1) is 5.56 Å². The highest BCUT2D eigenvalue weighted by atomic mass is 16.1. The lowest BCUT2D eigenvalue weighted by atomic mass is 10.0. The summed E-state index contributed by atoms with van der Waals surface area (Å²) in [4.78, 5) is 11.0. The summed E-state index contributed by atoms with van der Waals surface area (Å²) in [6, 6.07) is 6.23. The molecule has 2 aromatic rings. The van der Waals surface area contributed by atoms with Crippen molar-refractivity contribution < 1.29 is 4.79 Å². The summed E-state index contributed by atoms with van der Waals surface area (Å²) in [5.74, 6) is 0. The van der Waals surface area contributed by atoms with E-state index in [2.05, 4.69) is 23.3 Å². The second-order valence-corrected chi connectivity index (χ2v) is 4.28. The second-order valence-electron chi connectivity index (χ2n) is 4.28. The average Bonchev–Trinajstić information content (AvgIpc) is 2.70. The van der Waals surface area contributed by atoms with Gasteiger partial charge in [0, 0.05) is 18.3 Å². The highest BCUT2D eigenvalue weighted by Gasteiger charge is 2.10. The molecule has 1 aromatic heterocycles. The minimum atomic E-state index is 0.650. The molecule has 0 amide bonds. The predicted octanol–water partition coefficient (Wildman–Crippen LogP) is 3.00. The van der Waals surface area contributed by atoms with Gasteiger partial charge in [-0.2, -0.15) is 5.10 Å². The van der Waals surface area contributed by atoms with E-state index in [9.17, 15) is 4.79 Å². The maximum Gasteiger partial charge on any atom is 0.153 e. The summed E-state index contributed by atoms with van der Waals surface area (Å²) in [7, 11) is 0. The quantitative estimate of drug-likeness (QED) is 0.757. The Hall–Kier alpha value is -1.90. The standard InChI is InChI=1S/C14H16N2O/c1-4-16-8-13(9-17)14(15-16)12-6-10(2)5-11(3)7-12/h5-9H,4H2,1-3H3. The minimum Gasteiger partial charge on any atom is -0.298 e. The fourth-order valence-electron chi connectivity index (χ4n) is 2.02. The van der Waals surface area contributed by atoms with Crippen LogP contribution < -0.4 is 0 Å². The summed E-state index contributed by atoms with van der Waals surface area (Å²) in [6.45, 7) is 6.88. The Balaban J connectivity index is 2.58. The average molecular weight is 228 g/mol. The Labute approximate surface area is 101 Å². The van der Waals surface area contributed by atoms with Crippen LogP contribution in [0.25, 0.3) is 11.3 Å². The zero-order valence-corrected chi connectivity index (χ0v) is 10.4. The Bertz CT molecular complexity index is 535. The van der Waals surface area contributed by atoms with E-state index in [1.807, 2.05) is 20.8 Å². The number of hydrogen-bond donors (Lipinski definition) is 0. The fourth-order valence-corrected chi connectivity index (χ4v) is 2.02. The van der Waals surface area contributed by atoms with Gasteiger partial charge in [-0.15, -0.1) is 0 Å². The zero-order valence-electron chi connectivity index (χ0n) is 10.4. The van der Waals surface area contributed by atoms with Crippen molar-refractivity contribution >= 4 is 6.29 Å². The van der Waals surface area contributed by atoms with Crippen LogP contribution >= 0.6 is 0 Å². The Morgan fingerprint density at radius 3 is 2.41 bits per heavy atom. The van der Waals surface area contributed by atoms with Crippen LogP contribution in [-0.4, -0.2) is 16.1 Å². The number of aryl methyl sites for hydroxylation is 3. The lowest BCUT2D eigenvalue weighted by Gasteiger charge is -2.02. The highest BCUT2D eigenvalue weighted by Crippen LogP contribution is 2.23. The molecule has 0 fully saturated rings. The van der Waals surface area contributed by atoms with Gasteiger partial charge >= 0.3 is 0 Å². The van der Waals surface area contributed by atoms with Gasteiger partial charge in [0.1, 0.15) is 5.69 Å². The molecule has 0 saturated heterocycles.